The Balaban J connectivity index is 2.00. The molecule has 0 saturated heterocycles. The minimum Gasteiger partial charge on any atom is -0.497 e. The number of hydrogen-bond acceptors (Lipinski definition) is 5. The number of amides is 1. The van der Waals surface area contributed by atoms with Crippen molar-refractivity contribution in [3.8, 4) is 11.8 Å². The molecule has 2 rings (SSSR count). The molecule has 0 aliphatic heterocycles. The van der Waals surface area contributed by atoms with Crippen LogP contribution in [0.15, 0.2) is 48.0 Å². The van der Waals surface area contributed by atoms with Crippen LogP contribution in [0.5, 0.6) is 5.75 Å². The first-order valence-corrected chi connectivity index (χ1v) is 8.23. The van der Waals surface area contributed by atoms with Crippen LogP contribution in [0.4, 0.5) is 5.69 Å². The summed E-state index contributed by atoms with van der Waals surface area (Å²) in [6.45, 7) is 3.35. The molecule has 0 fully saturated rings. The van der Waals surface area contributed by atoms with Crippen molar-refractivity contribution in [2.75, 3.05) is 19.0 Å². The Morgan fingerprint density at radius 2 is 1.93 bits per heavy atom. The van der Waals surface area contributed by atoms with Crippen molar-refractivity contribution in [2.24, 2.45) is 0 Å². The van der Waals surface area contributed by atoms with E-state index in [1.165, 1.54) is 13.2 Å². The van der Waals surface area contributed by atoms with Crippen molar-refractivity contribution in [1.82, 2.24) is 0 Å². The summed E-state index contributed by atoms with van der Waals surface area (Å²) < 4.78 is 10.1. The average Bonchev–Trinajstić information content (AvgIpc) is 2.68. The lowest BCUT2D eigenvalue weighted by molar-refractivity contribution is -0.142. The maximum absolute atomic E-state index is 12.1. The summed E-state index contributed by atoms with van der Waals surface area (Å²) in [5.74, 6) is -0.741. The van der Waals surface area contributed by atoms with Gasteiger partial charge in [-0.05, 0) is 54.8 Å². The zero-order chi connectivity index (χ0) is 19.8. The molecule has 0 aromatic heterocycles. The van der Waals surface area contributed by atoms with Crippen LogP contribution < -0.4 is 10.1 Å². The van der Waals surface area contributed by atoms with Crippen LogP contribution in [-0.4, -0.2) is 25.6 Å². The molecule has 0 bridgehead atoms. The molecule has 138 valence electrons. The zero-order valence-corrected chi connectivity index (χ0v) is 15.4. The van der Waals surface area contributed by atoms with Crippen molar-refractivity contribution in [1.29, 1.82) is 5.26 Å². The quantitative estimate of drug-likeness (QED) is 0.482. The molecule has 0 saturated carbocycles. The van der Waals surface area contributed by atoms with Crippen molar-refractivity contribution < 1.29 is 19.1 Å². The number of nitrogens with zero attached hydrogens (tertiary/aromatic N) is 1. The van der Waals surface area contributed by atoms with Crippen LogP contribution in [0, 0.1) is 25.2 Å². The Morgan fingerprint density at radius 3 is 2.63 bits per heavy atom. The lowest BCUT2D eigenvalue weighted by Gasteiger charge is -2.10. The van der Waals surface area contributed by atoms with E-state index in [1.54, 1.807) is 36.4 Å². The molecule has 6 nitrogen and oxygen atoms in total. The highest BCUT2D eigenvalue weighted by atomic mass is 16.5. The zero-order valence-electron chi connectivity index (χ0n) is 15.4. The van der Waals surface area contributed by atoms with Gasteiger partial charge in [0.2, 0.25) is 0 Å². The van der Waals surface area contributed by atoms with Gasteiger partial charge in [0, 0.05) is 5.69 Å². The first-order chi connectivity index (χ1) is 12.9. The maximum Gasteiger partial charge on any atom is 0.349 e. The van der Waals surface area contributed by atoms with Crippen LogP contribution >= 0.6 is 0 Å². The molecule has 0 atom stereocenters. The van der Waals surface area contributed by atoms with Gasteiger partial charge in [0.15, 0.2) is 6.61 Å². The third-order valence-corrected chi connectivity index (χ3v) is 3.96. The van der Waals surface area contributed by atoms with Crippen molar-refractivity contribution in [3.63, 3.8) is 0 Å². The molecule has 0 unspecified atom stereocenters. The third-order valence-electron chi connectivity index (χ3n) is 3.96. The number of carbonyl (C=O) groups is 2. The van der Waals surface area contributed by atoms with E-state index in [4.69, 9.17) is 9.47 Å². The smallest absolute Gasteiger partial charge is 0.349 e. The van der Waals surface area contributed by atoms with Gasteiger partial charge in [0.1, 0.15) is 17.4 Å². The number of ether oxygens (including phenoxy) is 2. The molecular weight excluding hydrogens is 344 g/mol. The number of methoxy groups -OCH3 is 1. The number of hydrogen-bond donors (Lipinski definition) is 1. The first kappa shape index (κ1) is 19.7. The summed E-state index contributed by atoms with van der Waals surface area (Å²) in [5, 5.41) is 11.9. The highest BCUT2D eigenvalue weighted by Gasteiger charge is 2.14. The van der Waals surface area contributed by atoms with Gasteiger partial charge in [-0.15, -0.1) is 0 Å². The molecule has 0 heterocycles. The normalized spacial score (nSPS) is 10.7. The Labute approximate surface area is 158 Å². The number of benzene rings is 2. The van der Waals surface area contributed by atoms with E-state index in [9.17, 15) is 14.9 Å². The maximum atomic E-state index is 12.1. The van der Waals surface area contributed by atoms with Crippen molar-refractivity contribution in [3.05, 3.63) is 64.7 Å². The number of carbonyl (C=O) groups excluding carboxylic acids is 2. The predicted molar refractivity (Wildman–Crippen MR) is 102 cm³/mol. The summed E-state index contributed by atoms with van der Waals surface area (Å²) in [6, 6.07) is 14.2. The van der Waals surface area contributed by atoms with Crippen LogP contribution in [-0.2, 0) is 14.3 Å². The van der Waals surface area contributed by atoms with Gasteiger partial charge in [-0.25, -0.2) is 4.79 Å². The van der Waals surface area contributed by atoms with Gasteiger partial charge in [0.05, 0.1) is 7.11 Å². The Kier molecular flexibility index (Phi) is 6.73. The van der Waals surface area contributed by atoms with Crippen LogP contribution in [0.25, 0.3) is 6.08 Å². The van der Waals surface area contributed by atoms with Gasteiger partial charge < -0.3 is 14.8 Å². The molecule has 0 spiro atoms. The fourth-order valence-electron chi connectivity index (χ4n) is 2.32. The number of esters is 1. The Bertz CT molecular complexity index is 926. The fourth-order valence-corrected chi connectivity index (χ4v) is 2.32. The van der Waals surface area contributed by atoms with E-state index in [1.807, 2.05) is 26.0 Å². The van der Waals surface area contributed by atoms with Gasteiger partial charge in [-0.1, -0.05) is 24.3 Å². The summed E-state index contributed by atoms with van der Waals surface area (Å²) in [7, 11) is 1.52. The minimum absolute atomic E-state index is 0.206. The molecule has 0 aliphatic rings. The molecule has 2 aromatic carbocycles. The summed E-state index contributed by atoms with van der Waals surface area (Å²) in [4.78, 5) is 24.1. The summed E-state index contributed by atoms with van der Waals surface area (Å²) >= 11 is 0. The van der Waals surface area contributed by atoms with Gasteiger partial charge in [-0.3, -0.25) is 4.79 Å². The predicted octanol–water partition coefficient (Wildman–Crippen LogP) is 3.40. The van der Waals surface area contributed by atoms with Crippen LogP contribution in [0.3, 0.4) is 0 Å². The van der Waals surface area contributed by atoms with Crippen molar-refractivity contribution >= 4 is 23.6 Å². The van der Waals surface area contributed by atoms with E-state index in [-0.39, 0.29) is 5.57 Å². The largest absolute Gasteiger partial charge is 0.497 e. The van der Waals surface area contributed by atoms with Gasteiger partial charge in [-0.2, -0.15) is 5.26 Å². The van der Waals surface area contributed by atoms with Crippen LogP contribution in [0.1, 0.15) is 16.7 Å². The molecule has 1 N–H and O–H groups in total. The van der Waals surface area contributed by atoms with Crippen LogP contribution in [0.2, 0.25) is 0 Å². The van der Waals surface area contributed by atoms with E-state index in [0.29, 0.717) is 17.0 Å². The minimum atomic E-state index is -0.864. The molecule has 6 heteroatoms. The number of nitriles is 1. The Hall–Kier alpha value is -3.59. The van der Waals surface area contributed by atoms with Gasteiger partial charge >= 0.3 is 5.97 Å². The lowest BCUT2D eigenvalue weighted by Crippen LogP contribution is -2.21. The highest BCUT2D eigenvalue weighted by molar-refractivity contribution is 6.00. The number of aryl methyl sites for hydroxylation is 1. The molecule has 0 aliphatic carbocycles. The number of rotatable bonds is 6. The monoisotopic (exact) mass is 364 g/mol. The fraction of sp³-hybridized carbons (Fsp3) is 0.190. The summed E-state index contributed by atoms with van der Waals surface area (Å²) in [6.07, 6.45) is 1.38. The van der Waals surface area contributed by atoms with Gasteiger partial charge in [0.25, 0.3) is 5.91 Å². The van der Waals surface area contributed by atoms with E-state index < -0.39 is 18.5 Å². The number of anilines is 1. The first-order valence-electron chi connectivity index (χ1n) is 8.23. The summed E-state index contributed by atoms with van der Waals surface area (Å²) in [5.41, 5.74) is 3.04. The Morgan fingerprint density at radius 1 is 1.19 bits per heavy atom. The standard InChI is InChI=1S/C21H20N2O4/c1-14-6-4-9-19(15(14)2)23-20(24)13-27-21(25)17(12-22)10-16-7-5-8-18(11-16)26-3/h4-11H,13H2,1-3H3,(H,23,24)/b17-10+. The molecule has 2 aromatic rings. The van der Waals surface area contributed by atoms with E-state index in [2.05, 4.69) is 5.32 Å². The SMILES string of the molecule is COc1cccc(/C=C(\C#N)C(=O)OCC(=O)Nc2cccc(C)c2C)c1. The number of nitrogens with one attached hydrogen (secondary N) is 1. The molecule has 1 amide bonds. The molecular formula is C21H20N2O4. The van der Waals surface area contributed by atoms with E-state index >= 15 is 0 Å². The van der Waals surface area contributed by atoms with Crippen molar-refractivity contribution in [2.45, 2.75) is 13.8 Å². The lowest BCUT2D eigenvalue weighted by atomic mass is 10.1. The topological polar surface area (TPSA) is 88.4 Å². The third kappa shape index (κ3) is 5.44. The molecule has 27 heavy (non-hydrogen) atoms. The second kappa shape index (κ2) is 9.20. The van der Waals surface area contributed by atoms with E-state index in [0.717, 1.165) is 11.1 Å². The highest BCUT2D eigenvalue weighted by Crippen LogP contribution is 2.18. The average molecular weight is 364 g/mol. The second-order valence-electron chi connectivity index (χ2n) is 5.82. The second-order valence-corrected chi connectivity index (χ2v) is 5.82. The molecule has 0 radical (unpaired) electrons.